The fourth-order valence-corrected chi connectivity index (χ4v) is 2.95. The average Bonchev–Trinajstić information content (AvgIpc) is 2.54. The SMILES string of the molecule is CC1CCCCCN1c1ccc([C@@H](C)O)cc1Cl. The standard InChI is InChI=1S/C15H22ClNO/c1-11-6-4-3-5-9-17(11)15-8-7-13(12(2)18)10-14(15)16/h7-8,10-12,18H,3-6,9H2,1-2H3/t11?,12-/m1/s1. The molecule has 3 heteroatoms. The number of aliphatic hydroxyl groups excluding tert-OH is 1. The fourth-order valence-electron chi connectivity index (χ4n) is 2.65. The van der Waals surface area contributed by atoms with Crippen LogP contribution in [-0.2, 0) is 0 Å². The van der Waals surface area contributed by atoms with E-state index in [0.29, 0.717) is 6.04 Å². The first-order valence-corrected chi connectivity index (χ1v) is 7.21. The number of nitrogens with zero attached hydrogens (tertiary/aromatic N) is 1. The lowest BCUT2D eigenvalue weighted by Gasteiger charge is -2.30. The number of halogens is 1. The molecule has 0 spiro atoms. The minimum atomic E-state index is -0.460. The molecular weight excluding hydrogens is 246 g/mol. The highest BCUT2D eigenvalue weighted by Gasteiger charge is 2.19. The summed E-state index contributed by atoms with van der Waals surface area (Å²) in [5.41, 5.74) is 1.99. The Kier molecular flexibility index (Phi) is 4.52. The van der Waals surface area contributed by atoms with E-state index in [1.807, 2.05) is 18.2 Å². The van der Waals surface area contributed by atoms with Gasteiger partial charge in [-0.25, -0.2) is 0 Å². The maximum absolute atomic E-state index is 9.57. The molecule has 0 aliphatic carbocycles. The molecule has 18 heavy (non-hydrogen) atoms. The summed E-state index contributed by atoms with van der Waals surface area (Å²) in [6.07, 6.45) is 4.62. The monoisotopic (exact) mass is 267 g/mol. The molecule has 1 aliphatic rings. The van der Waals surface area contributed by atoms with Gasteiger partial charge >= 0.3 is 0 Å². The molecule has 1 N–H and O–H groups in total. The lowest BCUT2D eigenvalue weighted by atomic mass is 10.1. The van der Waals surface area contributed by atoms with Gasteiger partial charge in [-0.15, -0.1) is 0 Å². The Labute approximate surface area is 115 Å². The van der Waals surface area contributed by atoms with Crippen LogP contribution in [0.2, 0.25) is 5.02 Å². The summed E-state index contributed by atoms with van der Waals surface area (Å²) in [5, 5.41) is 10.3. The van der Waals surface area contributed by atoms with Gasteiger partial charge in [-0.3, -0.25) is 0 Å². The smallest absolute Gasteiger partial charge is 0.0762 e. The third-order valence-electron chi connectivity index (χ3n) is 3.82. The van der Waals surface area contributed by atoms with Gasteiger partial charge in [-0.1, -0.05) is 30.5 Å². The van der Waals surface area contributed by atoms with E-state index in [2.05, 4.69) is 11.8 Å². The first-order valence-electron chi connectivity index (χ1n) is 6.83. The molecule has 2 nitrogen and oxygen atoms in total. The molecule has 0 saturated carbocycles. The predicted molar refractivity (Wildman–Crippen MR) is 77.4 cm³/mol. The summed E-state index contributed by atoms with van der Waals surface area (Å²) in [4.78, 5) is 2.40. The molecule has 2 atom stereocenters. The van der Waals surface area contributed by atoms with Crippen molar-refractivity contribution in [1.82, 2.24) is 0 Å². The Hall–Kier alpha value is -0.730. The van der Waals surface area contributed by atoms with Crippen molar-refractivity contribution in [2.75, 3.05) is 11.4 Å². The van der Waals surface area contributed by atoms with Gasteiger partial charge < -0.3 is 10.0 Å². The Morgan fingerprint density at radius 1 is 1.33 bits per heavy atom. The Balaban J connectivity index is 2.26. The van der Waals surface area contributed by atoms with Crippen molar-refractivity contribution in [2.45, 2.75) is 51.7 Å². The maximum atomic E-state index is 9.57. The van der Waals surface area contributed by atoms with Crippen molar-refractivity contribution in [3.05, 3.63) is 28.8 Å². The van der Waals surface area contributed by atoms with E-state index < -0.39 is 6.10 Å². The third kappa shape index (κ3) is 2.99. The Morgan fingerprint density at radius 2 is 2.11 bits per heavy atom. The van der Waals surface area contributed by atoms with Gasteiger partial charge in [-0.2, -0.15) is 0 Å². The molecule has 0 amide bonds. The molecule has 100 valence electrons. The lowest BCUT2D eigenvalue weighted by Crippen LogP contribution is -2.32. The van der Waals surface area contributed by atoms with Gasteiger partial charge in [0.2, 0.25) is 0 Å². The van der Waals surface area contributed by atoms with Crippen LogP contribution in [-0.4, -0.2) is 17.7 Å². The van der Waals surface area contributed by atoms with Crippen LogP contribution in [0.15, 0.2) is 18.2 Å². The van der Waals surface area contributed by atoms with Crippen molar-refractivity contribution in [3.8, 4) is 0 Å². The zero-order chi connectivity index (χ0) is 13.1. The van der Waals surface area contributed by atoms with Crippen molar-refractivity contribution in [3.63, 3.8) is 0 Å². The van der Waals surface area contributed by atoms with Crippen LogP contribution in [0.5, 0.6) is 0 Å². The van der Waals surface area contributed by atoms with Crippen molar-refractivity contribution in [1.29, 1.82) is 0 Å². The summed E-state index contributed by atoms with van der Waals surface area (Å²) < 4.78 is 0. The number of aliphatic hydroxyl groups is 1. The van der Waals surface area contributed by atoms with Crippen molar-refractivity contribution in [2.24, 2.45) is 0 Å². The van der Waals surface area contributed by atoms with E-state index in [9.17, 15) is 5.11 Å². The van der Waals surface area contributed by atoms with Gasteiger partial charge in [0, 0.05) is 12.6 Å². The van der Waals surface area contributed by atoms with E-state index >= 15 is 0 Å². The maximum Gasteiger partial charge on any atom is 0.0762 e. The highest BCUT2D eigenvalue weighted by atomic mass is 35.5. The van der Waals surface area contributed by atoms with Crippen molar-refractivity contribution >= 4 is 17.3 Å². The van der Waals surface area contributed by atoms with E-state index in [-0.39, 0.29) is 0 Å². The van der Waals surface area contributed by atoms with E-state index in [0.717, 1.165) is 22.8 Å². The fraction of sp³-hybridized carbons (Fsp3) is 0.600. The lowest BCUT2D eigenvalue weighted by molar-refractivity contribution is 0.199. The highest BCUT2D eigenvalue weighted by Crippen LogP contribution is 2.32. The van der Waals surface area contributed by atoms with Crippen molar-refractivity contribution < 1.29 is 5.11 Å². The minimum absolute atomic E-state index is 0.460. The van der Waals surface area contributed by atoms with Gasteiger partial charge in [-0.05, 0) is 44.4 Å². The van der Waals surface area contributed by atoms with Crippen LogP contribution in [0, 0.1) is 0 Å². The highest BCUT2D eigenvalue weighted by molar-refractivity contribution is 6.33. The summed E-state index contributed by atoms with van der Waals surface area (Å²) in [7, 11) is 0. The number of rotatable bonds is 2. The molecule has 0 bridgehead atoms. The summed E-state index contributed by atoms with van der Waals surface area (Å²) >= 11 is 6.37. The topological polar surface area (TPSA) is 23.5 Å². The average molecular weight is 268 g/mol. The zero-order valence-electron chi connectivity index (χ0n) is 11.2. The molecule has 1 unspecified atom stereocenters. The van der Waals surface area contributed by atoms with E-state index in [1.165, 1.54) is 25.7 Å². The van der Waals surface area contributed by atoms with E-state index in [1.54, 1.807) is 6.92 Å². The number of hydrogen-bond donors (Lipinski definition) is 1. The van der Waals surface area contributed by atoms with Crippen LogP contribution >= 0.6 is 11.6 Å². The largest absolute Gasteiger partial charge is 0.389 e. The molecule has 0 aromatic heterocycles. The summed E-state index contributed by atoms with van der Waals surface area (Å²) in [5.74, 6) is 0. The second-order valence-electron chi connectivity index (χ2n) is 5.28. The first kappa shape index (κ1) is 13.7. The molecule has 1 aromatic rings. The normalized spacial score (nSPS) is 22.7. The second-order valence-corrected chi connectivity index (χ2v) is 5.69. The molecule has 1 saturated heterocycles. The Morgan fingerprint density at radius 3 is 2.78 bits per heavy atom. The second kappa shape index (κ2) is 5.94. The quantitative estimate of drug-likeness (QED) is 0.870. The van der Waals surface area contributed by atoms with Gasteiger partial charge in [0.05, 0.1) is 16.8 Å². The number of benzene rings is 1. The summed E-state index contributed by atoms with van der Waals surface area (Å²) in [6.45, 7) is 5.11. The van der Waals surface area contributed by atoms with Gasteiger partial charge in [0.25, 0.3) is 0 Å². The van der Waals surface area contributed by atoms with Crippen LogP contribution in [0.25, 0.3) is 0 Å². The summed E-state index contributed by atoms with van der Waals surface area (Å²) in [6, 6.07) is 6.46. The third-order valence-corrected chi connectivity index (χ3v) is 4.12. The molecule has 1 aromatic carbocycles. The van der Waals surface area contributed by atoms with Crippen LogP contribution < -0.4 is 4.90 Å². The zero-order valence-corrected chi connectivity index (χ0v) is 12.0. The predicted octanol–water partition coefficient (Wildman–Crippen LogP) is 4.16. The number of hydrogen-bond acceptors (Lipinski definition) is 2. The van der Waals surface area contributed by atoms with Crippen LogP contribution in [0.3, 0.4) is 0 Å². The van der Waals surface area contributed by atoms with Crippen LogP contribution in [0.4, 0.5) is 5.69 Å². The molecule has 1 heterocycles. The molecule has 2 rings (SSSR count). The number of anilines is 1. The van der Waals surface area contributed by atoms with Gasteiger partial charge in [0.1, 0.15) is 0 Å². The van der Waals surface area contributed by atoms with Crippen LogP contribution in [0.1, 0.15) is 51.2 Å². The first-order chi connectivity index (χ1) is 8.59. The molecular formula is C15H22ClNO. The van der Waals surface area contributed by atoms with Gasteiger partial charge in [0.15, 0.2) is 0 Å². The Bertz CT molecular complexity index is 405. The molecule has 0 radical (unpaired) electrons. The molecule has 1 aliphatic heterocycles. The minimum Gasteiger partial charge on any atom is -0.389 e. The molecule has 1 fully saturated rings. The van der Waals surface area contributed by atoms with E-state index in [4.69, 9.17) is 11.6 Å².